The lowest BCUT2D eigenvalue weighted by Gasteiger charge is -2.12. The van der Waals surface area contributed by atoms with E-state index < -0.39 is 0 Å². The van der Waals surface area contributed by atoms with E-state index in [2.05, 4.69) is 22.6 Å². The molecule has 1 aromatic carbocycles. The van der Waals surface area contributed by atoms with E-state index in [0.29, 0.717) is 22.6 Å². The van der Waals surface area contributed by atoms with Crippen molar-refractivity contribution >= 4 is 22.4 Å². The Bertz CT molecular complexity index is 532. The number of nitrogens with one attached hydrogen (secondary N) is 1. The average molecular weight is 232 g/mol. The molecule has 1 atom stereocenters. The van der Waals surface area contributed by atoms with Crippen molar-refractivity contribution in [2.24, 2.45) is 11.8 Å². The second kappa shape index (κ2) is 3.91. The standard InChI is InChI=1S/C12H16N4O/c1-7(8-2-3-8)6-14-10-5-4-9(13)11-12(10)16-17-15-11/h4-5,7-8,14H,2-3,6,13H2,1H3. The summed E-state index contributed by atoms with van der Waals surface area (Å²) < 4.78 is 4.73. The number of nitrogens with zero attached hydrogens (tertiary/aromatic N) is 2. The molecule has 3 N–H and O–H groups in total. The molecular weight excluding hydrogens is 216 g/mol. The molecule has 0 saturated heterocycles. The minimum atomic E-state index is 0.599. The lowest BCUT2D eigenvalue weighted by molar-refractivity contribution is 0.315. The SMILES string of the molecule is CC(CNc1ccc(N)c2nonc12)C1CC1. The highest BCUT2D eigenvalue weighted by atomic mass is 16.6. The summed E-state index contributed by atoms with van der Waals surface area (Å²) in [6.07, 6.45) is 2.73. The van der Waals surface area contributed by atoms with E-state index in [0.717, 1.165) is 18.2 Å². The topological polar surface area (TPSA) is 77.0 Å². The number of hydrogen-bond acceptors (Lipinski definition) is 5. The molecule has 1 aliphatic carbocycles. The smallest absolute Gasteiger partial charge is 0.160 e. The first kappa shape index (κ1) is 10.4. The van der Waals surface area contributed by atoms with Crippen LogP contribution in [-0.4, -0.2) is 16.9 Å². The quantitative estimate of drug-likeness (QED) is 0.791. The van der Waals surface area contributed by atoms with E-state index in [1.165, 1.54) is 12.8 Å². The van der Waals surface area contributed by atoms with Gasteiger partial charge in [0.1, 0.15) is 0 Å². The predicted molar refractivity (Wildman–Crippen MR) is 66.6 cm³/mol. The van der Waals surface area contributed by atoms with Gasteiger partial charge in [0.25, 0.3) is 0 Å². The van der Waals surface area contributed by atoms with E-state index in [4.69, 9.17) is 10.4 Å². The molecule has 0 spiro atoms. The molecule has 17 heavy (non-hydrogen) atoms. The van der Waals surface area contributed by atoms with Crippen molar-refractivity contribution in [3.63, 3.8) is 0 Å². The molecule has 5 nitrogen and oxygen atoms in total. The van der Waals surface area contributed by atoms with Crippen molar-refractivity contribution in [3.8, 4) is 0 Å². The maximum absolute atomic E-state index is 5.79. The molecule has 1 unspecified atom stereocenters. The van der Waals surface area contributed by atoms with E-state index in [9.17, 15) is 0 Å². The second-order valence-electron chi connectivity index (χ2n) is 4.86. The van der Waals surface area contributed by atoms with Gasteiger partial charge in [-0.15, -0.1) is 0 Å². The zero-order chi connectivity index (χ0) is 11.8. The zero-order valence-electron chi connectivity index (χ0n) is 9.81. The molecule has 0 bridgehead atoms. The van der Waals surface area contributed by atoms with Crippen LogP contribution in [0.5, 0.6) is 0 Å². The summed E-state index contributed by atoms with van der Waals surface area (Å²) in [7, 11) is 0. The Morgan fingerprint density at radius 2 is 2.18 bits per heavy atom. The van der Waals surface area contributed by atoms with Crippen LogP contribution in [0.2, 0.25) is 0 Å². The largest absolute Gasteiger partial charge is 0.397 e. The van der Waals surface area contributed by atoms with Gasteiger partial charge in [0.15, 0.2) is 11.0 Å². The highest BCUT2D eigenvalue weighted by Gasteiger charge is 2.27. The average Bonchev–Trinajstić information content (AvgIpc) is 3.06. The minimum Gasteiger partial charge on any atom is -0.397 e. The number of aromatic nitrogens is 2. The van der Waals surface area contributed by atoms with Crippen LogP contribution in [-0.2, 0) is 0 Å². The molecular formula is C12H16N4O. The summed E-state index contributed by atoms with van der Waals surface area (Å²) in [6, 6.07) is 3.76. The van der Waals surface area contributed by atoms with Gasteiger partial charge < -0.3 is 11.1 Å². The molecule has 1 heterocycles. The Balaban J connectivity index is 1.80. The Morgan fingerprint density at radius 3 is 2.94 bits per heavy atom. The van der Waals surface area contributed by atoms with Gasteiger partial charge in [0, 0.05) is 6.54 Å². The minimum absolute atomic E-state index is 0.599. The van der Waals surface area contributed by atoms with E-state index in [1.54, 1.807) is 0 Å². The number of rotatable bonds is 4. The van der Waals surface area contributed by atoms with E-state index >= 15 is 0 Å². The fourth-order valence-electron chi connectivity index (χ4n) is 2.13. The van der Waals surface area contributed by atoms with Gasteiger partial charge in [-0.3, -0.25) is 0 Å². The Hall–Kier alpha value is -1.78. The third-order valence-electron chi connectivity index (χ3n) is 3.49. The fourth-order valence-corrected chi connectivity index (χ4v) is 2.13. The van der Waals surface area contributed by atoms with Crippen LogP contribution in [0.3, 0.4) is 0 Å². The van der Waals surface area contributed by atoms with Crippen LogP contribution in [0.15, 0.2) is 16.8 Å². The van der Waals surface area contributed by atoms with Crippen LogP contribution < -0.4 is 11.1 Å². The van der Waals surface area contributed by atoms with Gasteiger partial charge >= 0.3 is 0 Å². The highest BCUT2D eigenvalue weighted by Crippen LogP contribution is 2.36. The number of fused-ring (bicyclic) bond motifs is 1. The summed E-state index contributed by atoms with van der Waals surface area (Å²) in [6.45, 7) is 3.23. The van der Waals surface area contributed by atoms with Gasteiger partial charge in [-0.05, 0) is 47.1 Å². The summed E-state index contributed by atoms with van der Waals surface area (Å²) >= 11 is 0. The van der Waals surface area contributed by atoms with Crippen LogP contribution in [0, 0.1) is 11.8 Å². The molecule has 1 fully saturated rings. The van der Waals surface area contributed by atoms with Crippen LogP contribution in [0.25, 0.3) is 11.0 Å². The number of anilines is 2. The number of hydrogen-bond donors (Lipinski definition) is 2. The highest BCUT2D eigenvalue weighted by molar-refractivity contribution is 5.94. The van der Waals surface area contributed by atoms with Gasteiger partial charge in [0.05, 0.1) is 11.4 Å². The normalized spacial score (nSPS) is 17.2. The Morgan fingerprint density at radius 1 is 1.41 bits per heavy atom. The first-order valence-electron chi connectivity index (χ1n) is 6.00. The van der Waals surface area contributed by atoms with Gasteiger partial charge in [-0.25, -0.2) is 4.63 Å². The molecule has 90 valence electrons. The maximum Gasteiger partial charge on any atom is 0.160 e. The van der Waals surface area contributed by atoms with Crippen molar-refractivity contribution in [2.75, 3.05) is 17.6 Å². The molecule has 3 rings (SSSR count). The van der Waals surface area contributed by atoms with Crippen LogP contribution in [0.4, 0.5) is 11.4 Å². The zero-order valence-corrected chi connectivity index (χ0v) is 9.81. The fraction of sp³-hybridized carbons (Fsp3) is 0.500. The first-order valence-corrected chi connectivity index (χ1v) is 6.00. The molecule has 1 aromatic heterocycles. The molecule has 5 heteroatoms. The van der Waals surface area contributed by atoms with Crippen LogP contribution in [0.1, 0.15) is 19.8 Å². The van der Waals surface area contributed by atoms with Gasteiger partial charge in [-0.1, -0.05) is 6.92 Å². The second-order valence-corrected chi connectivity index (χ2v) is 4.86. The number of benzene rings is 1. The number of nitrogens with two attached hydrogens (primary N) is 1. The molecule has 0 amide bonds. The predicted octanol–water partition coefficient (Wildman–Crippen LogP) is 2.26. The summed E-state index contributed by atoms with van der Waals surface area (Å²) in [5.74, 6) is 1.59. The summed E-state index contributed by atoms with van der Waals surface area (Å²) in [5, 5.41) is 11.1. The van der Waals surface area contributed by atoms with Crippen LogP contribution >= 0.6 is 0 Å². The molecule has 1 aliphatic rings. The molecule has 1 saturated carbocycles. The van der Waals surface area contributed by atoms with E-state index in [-0.39, 0.29) is 0 Å². The van der Waals surface area contributed by atoms with Crippen molar-refractivity contribution in [1.29, 1.82) is 0 Å². The Kier molecular flexibility index (Phi) is 2.39. The monoisotopic (exact) mass is 232 g/mol. The third-order valence-corrected chi connectivity index (χ3v) is 3.49. The number of nitrogen functional groups attached to an aromatic ring is 1. The van der Waals surface area contributed by atoms with Crippen molar-refractivity contribution < 1.29 is 4.63 Å². The molecule has 2 aromatic rings. The third kappa shape index (κ3) is 1.92. The van der Waals surface area contributed by atoms with Crippen molar-refractivity contribution in [3.05, 3.63) is 12.1 Å². The van der Waals surface area contributed by atoms with Crippen molar-refractivity contribution in [2.45, 2.75) is 19.8 Å². The molecule has 0 radical (unpaired) electrons. The lowest BCUT2D eigenvalue weighted by Crippen LogP contribution is -2.13. The van der Waals surface area contributed by atoms with Gasteiger partial charge in [-0.2, -0.15) is 0 Å². The summed E-state index contributed by atoms with van der Waals surface area (Å²) in [4.78, 5) is 0. The maximum atomic E-state index is 5.79. The Labute approximate surface area is 99.3 Å². The molecule has 0 aliphatic heterocycles. The van der Waals surface area contributed by atoms with E-state index in [1.807, 2.05) is 12.1 Å². The summed E-state index contributed by atoms with van der Waals surface area (Å²) in [5.41, 5.74) is 8.69. The lowest BCUT2D eigenvalue weighted by atomic mass is 10.1. The van der Waals surface area contributed by atoms with Crippen molar-refractivity contribution in [1.82, 2.24) is 10.3 Å². The first-order chi connectivity index (χ1) is 8.25. The van der Waals surface area contributed by atoms with Gasteiger partial charge in [0.2, 0.25) is 0 Å².